The van der Waals surface area contributed by atoms with E-state index in [1.165, 1.54) is 12.1 Å². The molecule has 1 aliphatic carbocycles. The second-order valence-corrected chi connectivity index (χ2v) is 5.50. The third-order valence-electron chi connectivity index (χ3n) is 4.03. The van der Waals surface area contributed by atoms with Crippen molar-refractivity contribution in [2.45, 2.75) is 37.6 Å². The van der Waals surface area contributed by atoms with E-state index < -0.39 is 11.4 Å². The van der Waals surface area contributed by atoms with Crippen LogP contribution in [-0.4, -0.2) is 17.4 Å². The molecular formula is C14H16FN3O2. The van der Waals surface area contributed by atoms with Crippen molar-refractivity contribution in [3.05, 3.63) is 23.5 Å². The zero-order chi connectivity index (χ0) is 14.3. The molecule has 106 valence electrons. The number of fused-ring (bicyclic) bond motifs is 1. The van der Waals surface area contributed by atoms with Crippen LogP contribution in [0, 0.1) is 5.82 Å². The van der Waals surface area contributed by atoms with Crippen LogP contribution >= 0.6 is 0 Å². The van der Waals surface area contributed by atoms with Gasteiger partial charge in [0.05, 0.1) is 11.2 Å². The molecule has 1 aromatic carbocycles. The van der Waals surface area contributed by atoms with Gasteiger partial charge < -0.3 is 16.4 Å². The van der Waals surface area contributed by atoms with Crippen molar-refractivity contribution in [2.24, 2.45) is 5.73 Å². The summed E-state index contributed by atoms with van der Waals surface area (Å²) in [6, 6.07) is 2.82. The highest BCUT2D eigenvalue weighted by Gasteiger charge is 2.40. The minimum absolute atomic E-state index is 0.0627. The van der Waals surface area contributed by atoms with E-state index in [-0.39, 0.29) is 17.5 Å². The second kappa shape index (κ2) is 4.56. The van der Waals surface area contributed by atoms with E-state index in [1.54, 1.807) is 0 Å². The smallest absolute Gasteiger partial charge is 0.244 e. The van der Waals surface area contributed by atoms with Gasteiger partial charge in [0.15, 0.2) is 0 Å². The molecule has 0 saturated heterocycles. The Morgan fingerprint density at radius 3 is 2.75 bits per heavy atom. The van der Waals surface area contributed by atoms with E-state index in [0.29, 0.717) is 31.4 Å². The zero-order valence-corrected chi connectivity index (χ0v) is 11.0. The summed E-state index contributed by atoms with van der Waals surface area (Å²) in [6.45, 7) is 0. The van der Waals surface area contributed by atoms with Crippen LogP contribution < -0.4 is 16.4 Å². The number of rotatable bonds is 2. The minimum atomic E-state index is -0.883. The van der Waals surface area contributed by atoms with Gasteiger partial charge in [0, 0.05) is 12.1 Å². The van der Waals surface area contributed by atoms with Gasteiger partial charge in [0.25, 0.3) is 0 Å². The molecule has 0 radical (unpaired) electrons. The number of halogens is 1. The van der Waals surface area contributed by atoms with Gasteiger partial charge in [-0.1, -0.05) is 0 Å². The van der Waals surface area contributed by atoms with Crippen LogP contribution in [0.5, 0.6) is 0 Å². The number of hydrogen-bond acceptors (Lipinski definition) is 3. The van der Waals surface area contributed by atoms with Crippen molar-refractivity contribution in [2.75, 3.05) is 10.6 Å². The van der Waals surface area contributed by atoms with Crippen molar-refractivity contribution in [3.63, 3.8) is 0 Å². The molecule has 0 aromatic heterocycles. The lowest BCUT2D eigenvalue weighted by atomic mass is 9.77. The molecule has 20 heavy (non-hydrogen) atoms. The molecule has 3 rings (SSSR count). The lowest BCUT2D eigenvalue weighted by Gasteiger charge is -2.36. The highest BCUT2D eigenvalue weighted by Crippen LogP contribution is 2.32. The third-order valence-corrected chi connectivity index (χ3v) is 4.03. The van der Waals surface area contributed by atoms with E-state index in [4.69, 9.17) is 5.73 Å². The standard InChI is InChI=1S/C14H16FN3O2/c15-9-6-8-2-3-12(19)17-10(8)7-11(9)18-13(20)14(16)4-1-5-14/h6-7H,1-5,16H2,(H,17,19)(H,18,20). The highest BCUT2D eigenvalue weighted by atomic mass is 19.1. The lowest BCUT2D eigenvalue weighted by molar-refractivity contribution is -0.123. The van der Waals surface area contributed by atoms with Crippen molar-refractivity contribution in [1.29, 1.82) is 0 Å². The number of nitrogens with two attached hydrogens (primary N) is 1. The van der Waals surface area contributed by atoms with Crippen LogP contribution in [0.4, 0.5) is 15.8 Å². The van der Waals surface area contributed by atoms with Crippen LogP contribution in [0.2, 0.25) is 0 Å². The van der Waals surface area contributed by atoms with Crippen molar-refractivity contribution >= 4 is 23.2 Å². The first-order valence-electron chi connectivity index (χ1n) is 6.70. The van der Waals surface area contributed by atoms with E-state index in [9.17, 15) is 14.0 Å². The average molecular weight is 277 g/mol. The van der Waals surface area contributed by atoms with Gasteiger partial charge in [-0.15, -0.1) is 0 Å². The molecule has 0 atom stereocenters. The maximum atomic E-state index is 14.0. The van der Waals surface area contributed by atoms with Crippen LogP contribution in [0.15, 0.2) is 12.1 Å². The molecule has 0 bridgehead atoms. The molecule has 5 nitrogen and oxygen atoms in total. The fourth-order valence-electron chi connectivity index (χ4n) is 2.53. The maximum absolute atomic E-state index is 14.0. The summed E-state index contributed by atoms with van der Waals surface area (Å²) < 4.78 is 14.0. The molecule has 1 saturated carbocycles. The predicted molar refractivity (Wildman–Crippen MR) is 72.7 cm³/mol. The largest absolute Gasteiger partial charge is 0.326 e. The Labute approximate surface area is 115 Å². The maximum Gasteiger partial charge on any atom is 0.244 e. The lowest BCUT2D eigenvalue weighted by Crippen LogP contribution is -2.56. The summed E-state index contributed by atoms with van der Waals surface area (Å²) in [5, 5.41) is 5.21. The fraction of sp³-hybridized carbons (Fsp3) is 0.429. The molecule has 1 aliphatic heterocycles. The first-order chi connectivity index (χ1) is 9.48. The fourth-order valence-corrected chi connectivity index (χ4v) is 2.53. The Bertz CT molecular complexity index is 596. The molecule has 1 fully saturated rings. The van der Waals surface area contributed by atoms with E-state index in [2.05, 4.69) is 10.6 Å². The molecule has 2 aliphatic rings. The number of anilines is 2. The quantitative estimate of drug-likeness (QED) is 0.766. The number of nitrogens with one attached hydrogen (secondary N) is 2. The highest BCUT2D eigenvalue weighted by molar-refractivity contribution is 6.00. The average Bonchev–Trinajstić information content (AvgIpc) is 2.37. The van der Waals surface area contributed by atoms with Crippen LogP contribution in [0.1, 0.15) is 31.2 Å². The van der Waals surface area contributed by atoms with Gasteiger partial charge in [-0.2, -0.15) is 0 Å². The van der Waals surface area contributed by atoms with Gasteiger partial charge in [0.1, 0.15) is 5.82 Å². The van der Waals surface area contributed by atoms with Crippen molar-refractivity contribution in [3.8, 4) is 0 Å². The number of benzene rings is 1. The van der Waals surface area contributed by atoms with Gasteiger partial charge in [-0.05, 0) is 43.4 Å². The first kappa shape index (κ1) is 13.1. The summed E-state index contributed by atoms with van der Waals surface area (Å²) >= 11 is 0. The number of carbonyl (C=O) groups is 2. The summed E-state index contributed by atoms with van der Waals surface area (Å²) in [6.07, 6.45) is 2.99. The van der Waals surface area contributed by atoms with E-state index >= 15 is 0 Å². The second-order valence-electron chi connectivity index (χ2n) is 5.50. The van der Waals surface area contributed by atoms with Gasteiger partial charge in [-0.3, -0.25) is 9.59 Å². The molecule has 4 N–H and O–H groups in total. The van der Waals surface area contributed by atoms with Crippen molar-refractivity contribution in [1.82, 2.24) is 0 Å². The molecule has 1 aromatic rings. The number of aryl methyl sites for hydroxylation is 1. The normalized spacial score (nSPS) is 19.6. The Hall–Kier alpha value is -1.95. The number of amides is 2. The van der Waals surface area contributed by atoms with Crippen molar-refractivity contribution < 1.29 is 14.0 Å². The monoisotopic (exact) mass is 277 g/mol. The Kier molecular flexibility index (Phi) is 2.97. The minimum Gasteiger partial charge on any atom is -0.326 e. The summed E-state index contributed by atoms with van der Waals surface area (Å²) in [5.74, 6) is -0.975. The predicted octanol–water partition coefficient (Wildman–Crippen LogP) is 1.53. The van der Waals surface area contributed by atoms with E-state index in [1.807, 2.05) is 0 Å². The van der Waals surface area contributed by atoms with Gasteiger partial charge in [0.2, 0.25) is 11.8 Å². The molecule has 2 amide bonds. The van der Waals surface area contributed by atoms with Crippen LogP contribution in [0.25, 0.3) is 0 Å². The number of hydrogen-bond donors (Lipinski definition) is 3. The van der Waals surface area contributed by atoms with Gasteiger partial charge >= 0.3 is 0 Å². The summed E-state index contributed by atoms with van der Waals surface area (Å²) in [5.41, 5.74) is 6.37. The summed E-state index contributed by atoms with van der Waals surface area (Å²) in [4.78, 5) is 23.4. The SMILES string of the molecule is NC1(C(=O)Nc2cc3c(cc2F)CCC(=O)N3)CCC1. The molecule has 0 spiro atoms. The number of carbonyl (C=O) groups excluding carboxylic acids is 2. The zero-order valence-electron chi connectivity index (χ0n) is 11.0. The summed E-state index contributed by atoms with van der Waals surface area (Å²) in [7, 11) is 0. The van der Waals surface area contributed by atoms with Crippen LogP contribution in [0.3, 0.4) is 0 Å². The molecular weight excluding hydrogens is 261 g/mol. The first-order valence-corrected chi connectivity index (χ1v) is 6.70. The molecule has 1 heterocycles. The molecule has 6 heteroatoms. The van der Waals surface area contributed by atoms with Crippen LogP contribution in [-0.2, 0) is 16.0 Å². The van der Waals surface area contributed by atoms with E-state index in [0.717, 1.165) is 12.0 Å². The topological polar surface area (TPSA) is 84.2 Å². The Morgan fingerprint density at radius 1 is 1.35 bits per heavy atom. The molecule has 0 unspecified atom stereocenters. The third kappa shape index (κ3) is 2.16. The Balaban J connectivity index is 1.84. The Morgan fingerprint density at radius 2 is 2.10 bits per heavy atom. The van der Waals surface area contributed by atoms with Gasteiger partial charge in [-0.25, -0.2) is 4.39 Å².